The second-order valence-electron chi connectivity index (χ2n) is 8.77. The molecule has 1 heterocycles. The van der Waals surface area contributed by atoms with Crippen molar-refractivity contribution in [3.8, 4) is 23.0 Å². The summed E-state index contributed by atoms with van der Waals surface area (Å²) >= 11 is 0. The van der Waals surface area contributed by atoms with Crippen LogP contribution in [0.1, 0.15) is 31.2 Å². The van der Waals surface area contributed by atoms with E-state index in [1.807, 2.05) is 18.2 Å². The molecule has 4 N–H and O–H groups in total. The predicted molar refractivity (Wildman–Crippen MR) is 143 cm³/mol. The van der Waals surface area contributed by atoms with Gasteiger partial charge in [0, 0.05) is 24.6 Å². The van der Waals surface area contributed by atoms with Crippen molar-refractivity contribution < 1.29 is 29.2 Å². The lowest BCUT2D eigenvalue weighted by atomic mass is 10.1. The molecule has 9 nitrogen and oxygen atoms in total. The van der Waals surface area contributed by atoms with Crippen molar-refractivity contribution >= 4 is 10.9 Å². The molecule has 0 bridgehead atoms. The maximum Gasteiger partial charge on any atom is 0.248 e. The number of unbranched alkanes of at least 4 members (excludes halogenated alkanes) is 3. The van der Waals surface area contributed by atoms with E-state index in [9.17, 15) is 9.90 Å². The molecule has 1 unspecified atom stereocenters. The summed E-state index contributed by atoms with van der Waals surface area (Å²) in [6.07, 6.45) is 3.64. The Bertz CT molecular complexity index is 1160. The zero-order valence-corrected chi connectivity index (χ0v) is 21.6. The summed E-state index contributed by atoms with van der Waals surface area (Å²) in [5.74, 6) is 2.53. The second kappa shape index (κ2) is 15.1. The Morgan fingerprint density at radius 3 is 2.43 bits per heavy atom. The summed E-state index contributed by atoms with van der Waals surface area (Å²) in [5.41, 5.74) is 1.45. The first-order valence-corrected chi connectivity index (χ1v) is 12.7. The summed E-state index contributed by atoms with van der Waals surface area (Å²) in [6.45, 7) is 1.88. The molecule has 3 aromatic rings. The van der Waals surface area contributed by atoms with Gasteiger partial charge in [-0.25, -0.2) is 0 Å². The topological polar surface area (TPSA) is 122 Å². The molecule has 0 fully saturated rings. The van der Waals surface area contributed by atoms with Gasteiger partial charge in [0.05, 0.1) is 26.3 Å². The van der Waals surface area contributed by atoms with Crippen LogP contribution in [-0.4, -0.2) is 68.4 Å². The number of nitrogens with one attached hydrogen (secondary N) is 2. The molecule has 37 heavy (non-hydrogen) atoms. The number of aliphatic hydroxyl groups is 2. The highest BCUT2D eigenvalue weighted by atomic mass is 16.5. The van der Waals surface area contributed by atoms with Crippen molar-refractivity contribution in [2.45, 2.75) is 38.2 Å². The van der Waals surface area contributed by atoms with Crippen LogP contribution in [0.25, 0.3) is 10.9 Å². The van der Waals surface area contributed by atoms with Crippen molar-refractivity contribution in [2.24, 2.45) is 0 Å². The van der Waals surface area contributed by atoms with E-state index in [1.165, 1.54) is 6.07 Å². The quantitative estimate of drug-likeness (QED) is 0.203. The van der Waals surface area contributed by atoms with E-state index >= 15 is 0 Å². The molecule has 9 heteroatoms. The fourth-order valence-electron chi connectivity index (χ4n) is 3.98. The summed E-state index contributed by atoms with van der Waals surface area (Å²) in [7, 11) is 3.22. The van der Waals surface area contributed by atoms with E-state index in [-0.39, 0.29) is 18.8 Å². The number of ether oxygens (including phenoxy) is 4. The Kier molecular flexibility index (Phi) is 11.5. The molecule has 1 aromatic heterocycles. The monoisotopic (exact) mass is 514 g/mol. The number of hydrogen-bond acceptors (Lipinski definition) is 8. The number of aromatic amines is 1. The molecule has 2 aromatic carbocycles. The second-order valence-corrected chi connectivity index (χ2v) is 8.77. The minimum absolute atomic E-state index is 0.0998. The van der Waals surface area contributed by atoms with Gasteiger partial charge in [0.2, 0.25) is 5.56 Å². The van der Waals surface area contributed by atoms with Crippen LogP contribution in [0.4, 0.5) is 0 Å². The average Bonchev–Trinajstić information content (AvgIpc) is 2.92. The van der Waals surface area contributed by atoms with E-state index in [0.29, 0.717) is 53.6 Å². The highest BCUT2D eigenvalue weighted by Crippen LogP contribution is 2.31. The molecule has 0 saturated carbocycles. The highest BCUT2D eigenvalue weighted by Gasteiger charge is 2.12. The van der Waals surface area contributed by atoms with Gasteiger partial charge in [-0.15, -0.1) is 0 Å². The molecule has 0 spiro atoms. The minimum atomic E-state index is -0.710. The van der Waals surface area contributed by atoms with E-state index < -0.39 is 6.10 Å². The van der Waals surface area contributed by atoms with Crippen LogP contribution in [-0.2, 0) is 6.42 Å². The normalized spacial score (nSPS) is 11.9. The number of hydrogen-bond donors (Lipinski definition) is 4. The zero-order chi connectivity index (χ0) is 26.5. The number of aliphatic hydroxyl groups excluding tert-OH is 2. The van der Waals surface area contributed by atoms with Gasteiger partial charge in [0.1, 0.15) is 24.2 Å². The molecule has 3 rings (SSSR count). The average molecular weight is 515 g/mol. The lowest BCUT2D eigenvalue weighted by molar-refractivity contribution is 0.107. The number of pyridine rings is 1. The largest absolute Gasteiger partial charge is 0.493 e. The van der Waals surface area contributed by atoms with Gasteiger partial charge < -0.3 is 39.5 Å². The van der Waals surface area contributed by atoms with Gasteiger partial charge in [-0.1, -0.05) is 12.5 Å². The Balaban J connectivity index is 1.49. The fourth-order valence-corrected chi connectivity index (χ4v) is 3.98. The van der Waals surface area contributed by atoms with Crippen LogP contribution in [0, 0.1) is 0 Å². The molecular weight excluding hydrogens is 476 g/mol. The van der Waals surface area contributed by atoms with Crippen molar-refractivity contribution in [2.75, 3.05) is 47.1 Å². The number of benzene rings is 2. The molecular formula is C28H38N2O7. The van der Waals surface area contributed by atoms with Crippen molar-refractivity contribution in [1.29, 1.82) is 0 Å². The third-order valence-corrected chi connectivity index (χ3v) is 5.98. The van der Waals surface area contributed by atoms with Gasteiger partial charge in [-0.3, -0.25) is 4.79 Å². The Labute approximate surface area is 217 Å². The number of rotatable bonds is 17. The maximum atomic E-state index is 11.9. The molecule has 202 valence electrons. The van der Waals surface area contributed by atoms with Gasteiger partial charge >= 0.3 is 0 Å². The standard InChI is InChI=1S/C28H38N2O7/c1-34-24-9-7-20(17-26(24)35-2)13-14-29-18-21(32)19-37-23-10-11-25(36-16-6-4-3-5-15-31)28-22(23)8-12-27(33)30-28/h7-12,17,21,29,31-32H,3-6,13-16,18-19H2,1-2H3,(H,30,33). The maximum absolute atomic E-state index is 11.9. The molecule has 0 aliphatic heterocycles. The molecule has 0 radical (unpaired) electrons. The summed E-state index contributed by atoms with van der Waals surface area (Å²) in [6, 6.07) is 12.5. The van der Waals surface area contributed by atoms with Gasteiger partial charge in [-0.05, 0) is 68.1 Å². The lowest BCUT2D eigenvalue weighted by Gasteiger charge is -2.16. The van der Waals surface area contributed by atoms with Crippen molar-refractivity contribution in [1.82, 2.24) is 10.3 Å². The van der Waals surface area contributed by atoms with Crippen molar-refractivity contribution in [3.05, 3.63) is 58.4 Å². The molecule has 0 saturated heterocycles. The van der Waals surface area contributed by atoms with E-state index in [0.717, 1.165) is 37.7 Å². The van der Waals surface area contributed by atoms with E-state index in [4.69, 9.17) is 24.1 Å². The zero-order valence-electron chi connectivity index (χ0n) is 21.6. The minimum Gasteiger partial charge on any atom is -0.493 e. The number of H-pyrrole nitrogens is 1. The van der Waals surface area contributed by atoms with Gasteiger partial charge in [0.15, 0.2) is 11.5 Å². The lowest BCUT2D eigenvalue weighted by Crippen LogP contribution is -2.32. The van der Waals surface area contributed by atoms with Crippen LogP contribution in [0.5, 0.6) is 23.0 Å². The number of fused-ring (bicyclic) bond motifs is 1. The first kappa shape index (κ1) is 28.3. The van der Waals surface area contributed by atoms with Crippen molar-refractivity contribution in [3.63, 3.8) is 0 Å². The van der Waals surface area contributed by atoms with Crippen LogP contribution in [0.15, 0.2) is 47.3 Å². The fraction of sp³-hybridized carbons (Fsp3) is 0.464. The summed E-state index contributed by atoms with van der Waals surface area (Å²) in [5, 5.41) is 23.2. The van der Waals surface area contributed by atoms with Crippen LogP contribution in [0.3, 0.4) is 0 Å². The molecule has 0 amide bonds. The number of methoxy groups -OCH3 is 2. The van der Waals surface area contributed by atoms with Crippen LogP contribution < -0.4 is 29.8 Å². The predicted octanol–water partition coefficient (Wildman–Crippen LogP) is 3.05. The van der Waals surface area contributed by atoms with E-state index in [1.54, 1.807) is 32.4 Å². The van der Waals surface area contributed by atoms with Crippen LogP contribution >= 0.6 is 0 Å². The third-order valence-electron chi connectivity index (χ3n) is 5.98. The smallest absolute Gasteiger partial charge is 0.248 e. The molecule has 0 aliphatic rings. The van der Waals surface area contributed by atoms with Gasteiger partial charge in [0.25, 0.3) is 0 Å². The summed E-state index contributed by atoms with van der Waals surface area (Å²) in [4.78, 5) is 14.8. The van der Waals surface area contributed by atoms with E-state index in [2.05, 4.69) is 10.3 Å². The Morgan fingerprint density at radius 1 is 0.892 bits per heavy atom. The van der Waals surface area contributed by atoms with Crippen LogP contribution in [0.2, 0.25) is 0 Å². The first-order valence-electron chi connectivity index (χ1n) is 12.7. The SMILES string of the molecule is COc1ccc(CCNCC(O)COc2ccc(OCCCCCCO)c3[nH]c(=O)ccc23)cc1OC. The van der Waals surface area contributed by atoms with Gasteiger partial charge in [-0.2, -0.15) is 0 Å². The Morgan fingerprint density at radius 2 is 1.65 bits per heavy atom. The highest BCUT2D eigenvalue weighted by molar-refractivity contribution is 5.89. The number of aromatic nitrogens is 1. The molecule has 1 atom stereocenters. The Hall–Kier alpha value is -3.27. The molecule has 0 aliphatic carbocycles. The summed E-state index contributed by atoms with van der Waals surface area (Å²) < 4.78 is 22.4. The third kappa shape index (κ3) is 8.66. The first-order chi connectivity index (χ1) is 18.0.